The Morgan fingerprint density at radius 2 is 1.72 bits per heavy atom. The van der Waals surface area contributed by atoms with Gasteiger partial charge in [0.1, 0.15) is 0 Å². The zero-order valence-electron chi connectivity index (χ0n) is 8.75. The first-order chi connectivity index (χ1) is 8.52. The maximum atomic E-state index is 13.0. The second-order valence-corrected chi connectivity index (χ2v) is 4.71. The first kappa shape index (κ1) is 13.3. The first-order valence-corrected chi connectivity index (χ1v) is 5.92. The van der Waals surface area contributed by atoms with Gasteiger partial charge < -0.3 is 0 Å². The number of aldehydes is 1. The molecule has 18 heavy (non-hydrogen) atoms. The van der Waals surface area contributed by atoms with Crippen LogP contribution in [0.25, 0.3) is 11.1 Å². The van der Waals surface area contributed by atoms with Crippen molar-refractivity contribution < 1.29 is 9.18 Å². The van der Waals surface area contributed by atoms with E-state index in [0.29, 0.717) is 22.4 Å². The predicted molar refractivity (Wildman–Crippen MR) is 70.0 cm³/mol. The molecule has 0 amide bonds. The van der Waals surface area contributed by atoms with Crippen LogP contribution < -0.4 is 0 Å². The summed E-state index contributed by atoms with van der Waals surface area (Å²) in [5.74, 6) is -0.748. The summed E-state index contributed by atoms with van der Waals surface area (Å²) < 4.78 is 13.0. The van der Waals surface area contributed by atoms with Crippen molar-refractivity contribution in [2.24, 2.45) is 0 Å². The molecule has 0 atom stereocenters. The van der Waals surface area contributed by atoms with Crippen molar-refractivity contribution in [1.29, 1.82) is 0 Å². The van der Waals surface area contributed by atoms with E-state index >= 15 is 0 Å². The van der Waals surface area contributed by atoms with Crippen LogP contribution >= 0.6 is 34.8 Å². The van der Waals surface area contributed by atoms with E-state index < -0.39 is 5.95 Å². The molecule has 1 aromatic heterocycles. The molecule has 1 aromatic carbocycles. The summed E-state index contributed by atoms with van der Waals surface area (Å²) >= 11 is 17.9. The van der Waals surface area contributed by atoms with Gasteiger partial charge >= 0.3 is 0 Å². The van der Waals surface area contributed by atoms with E-state index in [2.05, 4.69) is 4.98 Å². The molecule has 1 heterocycles. The van der Waals surface area contributed by atoms with Gasteiger partial charge in [-0.25, -0.2) is 4.98 Å². The summed E-state index contributed by atoms with van der Waals surface area (Å²) in [7, 11) is 0. The monoisotopic (exact) mass is 303 g/mol. The number of aromatic nitrogens is 1. The Bertz CT molecular complexity index is 608. The summed E-state index contributed by atoms with van der Waals surface area (Å²) in [6.07, 6.45) is 1.72. The van der Waals surface area contributed by atoms with Gasteiger partial charge in [-0.1, -0.05) is 34.8 Å². The van der Waals surface area contributed by atoms with Gasteiger partial charge in [-0.2, -0.15) is 4.39 Å². The minimum atomic E-state index is -0.748. The third-order valence-corrected chi connectivity index (χ3v) is 3.12. The maximum absolute atomic E-state index is 13.0. The zero-order chi connectivity index (χ0) is 13.3. The van der Waals surface area contributed by atoms with E-state index in [1.54, 1.807) is 0 Å². The highest BCUT2D eigenvalue weighted by molar-refractivity contribution is 6.42. The second kappa shape index (κ2) is 5.22. The number of rotatable bonds is 2. The van der Waals surface area contributed by atoms with Crippen LogP contribution in [0.5, 0.6) is 0 Å². The fourth-order valence-electron chi connectivity index (χ4n) is 1.55. The molecule has 92 valence electrons. The lowest BCUT2D eigenvalue weighted by atomic mass is 10.0. The van der Waals surface area contributed by atoms with Gasteiger partial charge in [0.15, 0.2) is 6.29 Å². The molecule has 0 bridgehead atoms. The Kier molecular flexibility index (Phi) is 3.85. The van der Waals surface area contributed by atoms with Crippen molar-refractivity contribution in [2.75, 3.05) is 0 Å². The van der Waals surface area contributed by atoms with Crippen LogP contribution in [-0.4, -0.2) is 11.3 Å². The summed E-state index contributed by atoms with van der Waals surface area (Å²) in [6, 6.07) is 3.99. The molecule has 0 radical (unpaired) electrons. The predicted octanol–water partition coefficient (Wildman–Crippen LogP) is 4.66. The first-order valence-electron chi connectivity index (χ1n) is 4.78. The number of carbonyl (C=O) groups excluding carboxylic acids is 1. The average Bonchev–Trinajstić information content (AvgIpc) is 2.29. The van der Waals surface area contributed by atoms with Crippen LogP contribution in [0, 0.1) is 5.95 Å². The fraction of sp³-hybridized carbons (Fsp3) is 0. The molecule has 2 aromatic rings. The highest BCUT2D eigenvalue weighted by Crippen LogP contribution is 2.38. The van der Waals surface area contributed by atoms with Crippen molar-refractivity contribution in [3.63, 3.8) is 0 Å². The Balaban J connectivity index is 2.73. The number of halogens is 4. The highest BCUT2D eigenvalue weighted by Gasteiger charge is 2.14. The SMILES string of the molecule is O=Cc1cc(F)ncc1-c1c(Cl)cc(Cl)cc1Cl. The number of pyridine rings is 1. The Morgan fingerprint density at radius 3 is 2.28 bits per heavy atom. The molecule has 0 N–H and O–H groups in total. The lowest BCUT2D eigenvalue weighted by Crippen LogP contribution is -1.94. The minimum absolute atomic E-state index is 0.119. The molecule has 0 aliphatic carbocycles. The molecule has 2 nitrogen and oxygen atoms in total. The van der Waals surface area contributed by atoms with Crippen LogP contribution in [0.1, 0.15) is 10.4 Å². The molecule has 0 aliphatic heterocycles. The molecule has 0 aliphatic rings. The number of carbonyl (C=O) groups is 1. The Hall–Kier alpha value is -1.16. The van der Waals surface area contributed by atoms with Gasteiger partial charge in [-0.3, -0.25) is 4.79 Å². The van der Waals surface area contributed by atoms with Gasteiger partial charge in [-0.15, -0.1) is 0 Å². The molecular weight excluding hydrogens is 299 g/mol. The van der Waals surface area contributed by atoms with Crippen LogP contribution in [0.4, 0.5) is 4.39 Å². The second-order valence-electron chi connectivity index (χ2n) is 3.46. The van der Waals surface area contributed by atoms with Crippen LogP contribution in [0.15, 0.2) is 24.4 Å². The highest BCUT2D eigenvalue weighted by atomic mass is 35.5. The van der Waals surface area contributed by atoms with Crippen molar-refractivity contribution >= 4 is 41.1 Å². The number of benzene rings is 1. The minimum Gasteiger partial charge on any atom is -0.298 e. The largest absolute Gasteiger partial charge is 0.298 e. The van der Waals surface area contributed by atoms with Crippen molar-refractivity contribution in [2.45, 2.75) is 0 Å². The number of hydrogen-bond donors (Lipinski definition) is 0. The molecule has 2 rings (SSSR count). The molecule has 6 heteroatoms. The summed E-state index contributed by atoms with van der Waals surface area (Å²) in [4.78, 5) is 14.4. The van der Waals surface area contributed by atoms with Crippen LogP contribution in [-0.2, 0) is 0 Å². The van der Waals surface area contributed by atoms with Gasteiger partial charge in [0.2, 0.25) is 5.95 Å². The average molecular weight is 305 g/mol. The molecular formula is C12H5Cl3FNO. The van der Waals surface area contributed by atoms with E-state index in [1.165, 1.54) is 18.3 Å². The van der Waals surface area contributed by atoms with E-state index in [1.807, 2.05) is 0 Å². The van der Waals surface area contributed by atoms with Crippen LogP contribution in [0.2, 0.25) is 15.1 Å². The van der Waals surface area contributed by atoms with E-state index in [0.717, 1.165) is 6.07 Å². The molecule has 0 saturated carbocycles. The van der Waals surface area contributed by atoms with Crippen molar-refractivity contribution in [1.82, 2.24) is 4.98 Å². The normalized spacial score (nSPS) is 10.4. The third kappa shape index (κ3) is 2.48. The van der Waals surface area contributed by atoms with Crippen molar-refractivity contribution in [3.05, 3.63) is 51.0 Å². The summed E-state index contributed by atoms with van der Waals surface area (Å²) in [6.45, 7) is 0. The summed E-state index contributed by atoms with van der Waals surface area (Å²) in [5, 5.41) is 0.907. The lowest BCUT2D eigenvalue weighted by molar-refractivity contribution is 0.112. The molecule has 0 spiro atoms. The number of nitrogens with zero attached hydrogens (tertiary/aromatic N) is 1. The molecule has 0 fully saturated rings. The summed E-state index contributed by atoms with van der Waals surface area (Å²) in [5.41, 5.74) is 0.879. The van der Waals surface area contributed by atoms with Gasteiger partial charge in [0.05, 0.1) is 10.0 Å². The smallest absolute Gasteiger partial charge is 0.213 e. The maximum Gasteiger partial charge on any atom is 0.213 e. The molecule has 0 saturated heterocycles. The number of hydrogen-bond acceptors (Lipinski definition) is 2. The topological polar surface area (TPSA) is 30.0 Å². The quantitative estimate of drug-likeness (QED) is 0.596. The zero-order valence-corrected chi connectivity index (χ0v) is 11.0. The molecule has 0 unspecified atom stereocenters. The van der Waals surface area contributed by atoms with Crippen molar-refractivity contribution in [3.8, 4) is 11.1 Å². The van der Waals surface area contributed by atoms with E-state index in [9.17, 15) is 9.18 Å². The van der Waals surface area contributed by atoms with E-state index in [4.69, 9.17) is 34.8 Å². The Labute approximate surface area is 117 Å². The van der Waals surface area contributed by atoms with Crippen LogP contribution in [0.3, 0.4) is 0 Å². The lowest BCUT2D eigenvalue weighted by Gasteiger charge is -2.09. The van der Waals surface area contributed by atoms with Gasteiger partial charge in [0, 0.05) is 34.0 Å². The third-order valence-electron chi connectivity index (χ3n) is 2.31. The van der Waals surface area contributed by atoms with Gasteiger partial charge in [-0.05, 0) is 12.1 Å². The van der Waals surface area contributed by atoms with E-state index in [-0.39, 0.29) is 15.6 Å². The fourth-order valence-corrected chi connectivity index (χ4v) is 2.57. The van der Waals surface area contributed by atoms with Gasteiger partial charge in [0.25, 0.3) is 0 Å². The standard InChI is InChI=1S/C12H5Cl3FNO/c13-7-2-9(14)12(10(15)3-7)8-4-17-11(16)1-6(8)5-18/h1-5H. The Morgan fingerprint density at radius 1 is 1.11 bits per heavy atom.